The lowest BCUT2D eigenvalue weighted by Gasteiger charge is -2.33. The summed E-state index contributed by atoms with van der Waals surface area (Å²) in [6.07, 6.45) is -0.702. The summed E-state index contributed by atoms with van der Waals surface area (Å²) < 4.78 is 89.9. The summed E-state index contributed by atoms with van der Waals surface area (Å²) in [4.78, 5) is 14.2. The number of carbonyl (C=O) groups is 1. The molecule has 0 radical (unpaired) electrons. The zero-order valence-corrected chi connectivity index (χ0v) is 20.1. The molecule has 1 aromatic rings. The number of nitrogens with zero attached hydrogens (tertiary/aromatic N) is 1. The third-order valence-electron chi connectivity index (χ3n) is 6.10. The van der Waals surface area contributed by atoms with Crippen molar-refractivity contribution in [3.63, 3.8) is 0 Å². The van der Waals surface area contributed by atoms with E-state index in [0.29, 0.717) is 25.7 Å². The van der Waals surface area contributed by atoms with Crippen LogP contribution in [0.1, 0.15) is 38.5 Å². The highest BCUT2D eigenvalue weighted by molar-refractivity contribution is 7.92. The summed E-state index contributed by atoms with van der Waals surface area (Å²) in [7, 11) is -8.59. The first-order valence-electron chi connectivity index (χ1n) is 11.0. The van der Waals surface area contributed by atoms with Crippen LogP contribution in [0.2, 0.25) is 0 Å². The van der Waals surface area contributed by atoms with Crippen molar-refractivity contribution in [2.45, 2.75) is 61.7 Å². The summed E-state index contributed by atoms with van der Waals surface area (Å²) in [5.74, 6) is -2.11. The predicted octanol–water partition coefficient (Wildman–Crippen LogP) is 1.78. The van der Waals surface area contributed by atoms with Crippen molar-refractivity contribution in [2.75, 3.05) is 23.6 Å². The normalized spacial score (nSPS) is 23.0. The number of hydrogen-bond acceptors (Lipinski definition) is 6. The standard InChI is InChI=1S/C20H29F3N4O5S2/c21-20(22,23)13-33(29,30)25-15-7-9-17(10-8-15)34(31,32)26-16-5-3-14(4-6-16)18(24)19(28)27-11-1-2-12-27/h7-10,14,16,18,25-26H,1-6,11-13,24H2/t14?,16?,18-/m0/s1. The Bertz CT molecular complexity index is 1060. The van der Waals surface area contributed by atoms with Gasteiger partial charge in [-0.15, -0.1) is 0 Å². The first-order valence-corrected chi connectivity index (χ1v) is 14.1. The van der Waals surface area contributed by atoms with Gasteiger partial charge in [0.2, 0.25) is 26.0 Å². The molecule has 1 saturated heterocycles. The van der Waals surface area contributed by atoms with Gasteiger partial charge in [0.25, 0.3) is 0 Å². The summed E-state index contributed by atoms with van der Waals surface area (Å²) in [6, 6.07) is 3.46. The molecule has 4 N–H and O–H groups in total. The summed E-state index contributed by atoms with van der Waals surface area (Å²) in [5, 5.41) is 0. The van der Waals surface area contributed by atoms with Gasteiger partial charge in [-0.2, -0.15) is 13.2 Å². The number of hydrogen-bond donors (Lipinski definition) is 3. The molecule has 1 saturated carbocycles. The number of nitrogens with two attached hydrogens (primary N) is 1. The quantitative estimate of drug-likeness (QED) is 0.472. The number of anilines is 1. The molecule has 1 aliphatic carbocycles. The molecule has 0 unspecified atom stereocenters. The second-order valence-electron chi connectivity index (χ2n) is 8.79. The molecule has 0 aromatic heterocycles. The van der Waals surface area contributed by atoms with Gasteiger partial charge in [-0.25, -0.2) is 21.6 Å². The van der Waals surface area contributed by atoms with E-state index in [1.165, 1.54) is 0 Å². The molecule has 1 amide bonds. The lowest BCUT2D eigenvalue weighted by atomic mass is 9.81. The fourth-order valence-corrected chi connectivity index (χ4v) is 6.67. The van der Waals surface area contributed by atoms with Gasteiger partial charge in [0.05, 0.1) is 10.9 Å². The first-order chi connectivity index (χ1) is 15.8. The SMILES string of the molecule is N[C@H](C(=O)N1CCCC1)C1CCC(NS(=O)(=O)c2ccc(NS(=O)(=O)CC(F)(F)F)cc2)CC1. The zero-order chi connectivity index (χ0) is 25.1. The summed E-state index contributed by atoms with van der Waals surface area (Å²) >= 11 is 0. The van der Waals surface area contributed by atoms with Gasteiger partial charge in [0.1, 0.15) is 0 Å². The Labute approximate surface area is 197 Å². The minimum absolute atomic E-state index is 0.0159. The Hall–Kier alpha value is -1.90. The molecular formula is C20H29F3N4O5S2. The molecular weight excluding hydrogens is 497 g/mol. The number of amides is 1. The second kappa shape index (κ2) is 10.4. The van der Waals surface area contributed by atoms with E-state index >= 15 is 0 Å². The van der Waals surface area contributed by atoms with E-state index in [9.17, 15) is 34.8 Å². The van der Waals surface area contributed by atoms with Gasteiger partial charge < -0.3 is 10.6 Å². The molecule has 2 fully saturated rings. The number of likely N-dealkylation sites (tertiary alicyclic amines) is 1. The Morgan fingerprint density at radius 3 is 2.12 bits per heavy atom. The number of nitrogens with one attached hydrogen (secondary N) is 2. The maximum absolute atomic E-state index is 12.7. The molecule has 0 bridgehead atoms. The van der Waals surface area contributed by atoms with Crippen molar-refractivity contribution < 1.29 is 34.8 Å². The molecule has 9 nitrogen and oxygen atoms in total. The van der Waals surface area contributed by atoms with Crippen LogP contribution in [0, 0.1) is 5.92 Å². The maximum Gasteiger partial charge on any atom is 0.404 e. The third kappa shape index (κ3) is 7.30. The van der Waals surface area contributed by atoms with Crippen LogP contribution >= 0.6 is 0 Å². The summed E-state index contributed by atoms with van der Waals surface area (Å²) in [6.45, 7) is 1.45. The third-order valence-corrected chi connectivity index (χ3v) is 8.89. The average molecular weight is 527 g/mol. The fraction of sp³-hybridized carbons (Fsp3) is 0.650. The molecule has 1 heterocycles. The highest BCUT2D eigenvalue weighted by atomic mass is 32.2. The highest BCUT2D eigenvalue weighted by Crippen LogP contribution is 2.29. The minimum Gasteiger partial charge on any atom is -0.341 e. The topological polar surface area (TPSA) is 139 Å². The van der Waals surface area contributed by atoms with E-state index in [1.54, 1.807) is 9.62 Å². The van der Waals surface area contributed by atoms with Crippen molar-refractivity contribution in [1.82, 2.24) is 9.62 Å². The van der Waals surface area contributed by atoms with E-state index in [1.807, 2.05) is 0 Å². The molecule has 3 rings (SSSR count). The van der Waals surface area contributed by atoms with Crippen LogP contribution in [0.5, 0.6) is 0 Å². The number of sulfonamides is 2. The Morgan fingerprint density at radius 2 is 1.59 bits per heavy atom. The van der Waals surface area contributed by atoms with Crippen molar-refractivity contribution in [2.24, 2.45) is 11.7 Å². The number of alkyl halides is 3. The van der Waals surface area contributed by atoms with Gasteiger partial charge in [0, 0.05) is 24.8 Å². The molecule has 0 spiro atoms. The van der Waals surface area contributed by atoms with Gasteiger partial charge in [-0.3, -0.25) is 9.52 Å². The van der Waals surface area contributed by atoms with Crippen LogP contribution in [-0.2, 0) is 24.8 Å². The lowest BCUT2D eigenvalue weighted by molar-refractivity contribution is -0.133. The molecule has 192 valence electrons. The van der Waals surface area contributed by atoms with Crippen molar-refractivity contribution >= 4 is 31.6 Å². The molecule has 2 aliphatic rings. The smallest absolute Gasteiger partial charge is 0.341 e. The molecule has 1 aromatic carbocycles. The fourth-order valence-electron chi connectivity index (χ4n) is 4.37. The van der Waals surface area contributed by atoms with Crippen LogP contribution in [0.25, 0.3) is 0 Å². The van der Waals surface area contributed by atoms with Crippen molar-refractivity contribution in [3.05, 3.63) is 24.3 Å². The maximum atomic E-state index is 12.7. The second-order valence-corrected chi connectivity index (χ2v) is 12.2. The monoisotopic (exact) mass is 526 g/mol. The van der Waals surface area contributed by atoms with Crippen molar-refractivity contribution in [3.8, 4) is 0 Å². The Balaban J connectivity index is 1.53. The molecule has 14 heteroatoms. The van der Waals surface area contributed by atoms with Crippen LogP contribution in [0.3, 0.4) is 0 Å². The Morgan fingerprint density at radius 1 is 1.03 bits per heavy atom. The minimum atomic E-state index is -4.90. The molecule has 1 aliphatic heterocycles. The van der Waals surface area contributed by atoms with Gasteiger partial charge in [-0.1, -0.05) is 0 Å². The van der Waals surface area contributed by atoms with E-state index in [0.717, 1.165) is 50.2 Å². The van der Waals surface area contributed by atoms with Crippen molar-refractivity contribution in [1.29, 1.82) is 0 Å². The van der Waals surface area contributed by atoms with Crippen LogP contribution in [0.4, 0.5) is 18.9 Å². The number of benzene rings is 1. The molecule has 34 heavy (non-hydrogen) atoms. The lowest BCUT2D eigenvalue weighted by Crippen LogP contribution is -2.49. The summed E-state index contributed by atoms with van der Waals surface area (Å²) in [5.41, 5.74) is 6.01. The van der Waals surface area contributed by atoms with Crippen LogP contribution in [-0.4, -0.2) is 64.7 Å². The van der Waals surface area contributed by atoms with Gasteiger partial charge >= 0.3 is 6.18 Å². The average Bonchev–Trinajstić information content (AvgIpc) is 3.26. The number of rotatable bonds is 8. The Kier molecular flexibility index (Phi) is 8.15. The van der Waals surface area contributed by atoms with E-state index in [4.69, 9.17) is 5.73 Å². The zero-order valence-electron chi connectivity index (χ0n) is 18.4. The van der Waals surface area contributed by atoms with E-state index < -0.39 is 38.0 Å². The first kappa shape index (κ1) is 26.7. The van der Waals surface area contributed by atoms with E-state index in [-0.39, 0.29) is 28.4 Å². The predicted molar refractivity (Wildman–Crippen MR) is 120 cm³/mol. The van der Waals surface area contributed by atoms with Gasteiger partial charge in [0.15, 0.2) is 5.75 Å². The highest BCUT2D eigenvalue weighted by Gasteiger charge is 2.36. The van der Waals surface area contributed by atoms with Gasteiger partial charge in [-0.05, 0) is 68.7 Å². The molecule has 1 atom stereocenters. The van der Waals surface area contributed by atoms with Crippen LogP contribution in [0.15, 0.2) is 29.2 Å². The number of carbonyl (C=O) groups excluding carboxylic acids is 1. The van der Waals surface area contributed by atoms with E-state index in [2.05, 4.69) is 4.72 Å². The largest absolute Gasteiger partial charge is 0.404 e. The number of halogens is 3. The van der Waals surface area contributed by atoms with Crippen LogP contribution < -0.4 is 15.2 Å².